The molecule has 0 unspecified atom stereocenters. The number of rotatable bonds is 4. The van der Waals surface area contributed by atoms with Gasteiger partial charge in [-0.15, -0.1) is 0 Å². The van der Waals surface area contributed by atoms with Crippen LogP contribution in [0.4, 0.5) is 17.5 Å². The number of nitrogens with one attached hydrogen (secondary N) is 2. The molecule has 10 nitrogen and oxygen atoms in total. The van der Waals surface area contributed by atoms with E-state index in [0.717, 1.165) is 0 Å². The molecule has 1 atom stereocenters. The van der Waals surface area contributed by atoms with Crippen molar-refractivity contribution in [2.75, 3.05) is 35.7 Å². The maximum atomic E-state index is 12.4. The van der Waals surface area contributed by atoms with Crippen LogP contribution in [0.1, 0.15) is 26.5 Å². The number of aromatic nitrogens is 2. The van der Waals surface area contributed by atoms with Crippen molar-refractivity contribution in [3.05, 3.63) is 18.0 Å². The van der Waals surface area contributed by atoms with Crippen LogP contribution in [0, 0.1) is 12.8 Å². The molecule has 30 heavy (non-hydrogen) atoms. The lowest BCUT2D eigenvalue weighted by molar-refractivity contribution is -0.127. The van der Waals surface area contributed by atoms with Crippen molar-refractivity contribution in [3.8, 4) is 0 Å². The zero-order chi connectivity index (χ0) is 22.0. The summed E-state index contributed by atoms with van der Waals surface area (Å²) >= 11 is 0. The molecule has 3 rings (SSSR count). The highest BCUT2D eigenvalue weighted by molar-refractivity contribution is 6.39. The van der Waals surface area contributed by atoms with E-state index in [4.69, 9.17) is 0 Å². The Morgan fingerprint density at radius 3 is 2.67 bits per heavy atom. The van der Waals surface area contributed by atoms with Gasteiger partial charge in [-0.25, -0.2) is 15.0 Å². The summed E-state index contributed by atoms with van der Waals surface area (Å²) in [4.78, 5) is 45.2. The Bertz CT molecular complexity index is 918. The lowest BCUT2D eigenvalue weighted by Crippen LogP contribution is -2.58. The van der Waals surface area contributed by atoms with Gasteiger partial charge in [0.1, 0.15) is 11.7 Å². The van der Waals surface area contributed by atoms with Crippen molar-refractivity contribution in [1.29, 1.82) is 0 Å². The van der Waals surface area contributed by atoms with Crippen LogP contribution in [-0.4, -0.2) is 71.5 Å². The normalized spacial score (nSPS) is 19.6. The van der Waals surface area contributed by atoms with E-state index in [1.165, 1.54) is 6.20 Å². The molecule has 1 aromatic rings. The number of carbonyl (C=O) groups excluding carboxylic acids is 2. The van der Waals surface area contributed by atoms with Crippen molar-refractivity contribution in [2.45, 2.75) is 39.8 Å². The predicted octanol–water partition coefficient (Wildman–Crippen LogP) is 1.45. The first-order valence-corrected chi connectivity index (χ1v) is 9.90. The molecule has 1 aromatic heterocycles. The maximum Gasteiger partial charge on any atom is 0.291 e. The highest BCUT2D eigenvalue weighted by Crippen LogP contribution is 2.34. The van der Waals surface area contributed by atoms with Crippen LogP contribution in [0.3, 0.4) is 0 Å². The molecule has 0 aromatic carbocycles. The van der Waals surface area contributed by atoms with Crippen LogP contribution in [0.15, 0.2) is 22.3 Å². The van der Waals surface area contributed by atoms with Crippen LogP contribution in [0.2, 0.25) is 0 Å². The number of hydrogen-bond acceptors (Lipinski definition) is 7. The lowest BCUT2D eigenvalue weighted by Gasteiger charge is -2.40. The minimum absolute atomic E-state index is 0.0172. The zero-order valence-electron chi connectivity index (χ0n) is 18.0. The van der Waals surface area contributed by atoms with E-state index in [-0.39, 0.29) is 35.7 Å². The Labute approximate surface area is 176 Å². The molecule has 2 N–H and O–H groups in total. The summed E-state index contributed by atoms with van der Waals surface area (Å²) in [6.07, 6.45) is 3.23. The molecule has 160 valence electrons. The Balaban J connectivity index is 1.70. The molecule has 1 saturated heterocycles. The van der Waals surface area contributed by atoms with Crippen molar-refractivity contribution in [1.82, 2.24) is 14.9 Å². The number of amides is 2. The van der Waals surface area contributed by atoms with Gasteiger partial charge < -0.3 is 20.4 Å². The minimum Gasteiger partial charge on any atom is -0.348 e. The molecule has 0 saturated carbocycles. The van der Waals surface area contributed by atoms with Gasteiger partial charge in [-0.05, 0) is 26.5 Å². The lowest BCUT2D eigenvalue weighted by atomic mass is 9.99. The van der Waals surface area contributed by atoms with Crippen molar-refractivity contribution < 1.29 is 9.59 Å². The number of aryl methyl sites for hydroxylation is 1. The summed E-state index contributed by atoms with van der Waals surface area (Å²) in [6, 6.07) is -0.277. The summed E-state index contributed by atoms with van der Waals surface area (Å²) in [7, 11) is 1.87. The largest absolute Gasteiger partial charge is 0.348 e. The molecule has 2 amide bonds. The van der Waals surface area contributed by atoms with E-state index >= 15 is 0 Å². The molecule has 0 bridgehead atoms. The standard InChI is InChI=1S/C20H28N8O2/c1-7-8-22-16(21-5)19(30)28-9-13(10-28)24-20-23-12(4)14-17(26-20)27(6)15(11(2)3)18(29)25-14/h7-8,11,13,15H,5,9-10H2,1-4,6H3,(H,25,29)(H,23,24,26)/b8-7-,22-16-/t15-/m0/s1. The number of carbonyl (C=O) groups is 2. The fourth-order valence-electron chi connectivity index (χ4n) is 3.65. The SMILES string of the molecule is C=N/C(=N\C=C/C)C(=O)N1CC(Nc2nc(C)c3c(n2)N(C)[C@@H](C(C)C)C(=O)N3)C1. The summed E-state index contributed by atoms with van der Waals surface area (Å²) in [5.74, 6) is 1.06. The number of aliphatic imine (C=N–C) groups is 2. The number of allylic oxidation sites excluding steroid dienone is 1. The molecule has 3 heterocycles. The summed E-state index contributed by atoms with van der Waals surface area (Å²) < 4.78 is 0. The minimum atomic E-state index is -0.294. The van der Waals surface area contributed by atoms with Gasteiger partial charge in [0.25, 0.3) is 5.91 Å². The average Bonchev–Trinajstić information content (AvgIpc) is 2.65. The van der Waals surface area contributed by atoms with Gasteiger partial charge in [0.05, 0.1) is 11.7 Å². The molecule has 0 spiro atoms. The molecular weight excluding hydrogens is 384 g/mol. The third-order valence-electron chi connectivity index (χ3n) is 5.16. The highest BCUT2D eigenvalue weighted by atomic mass is 16.2. The van der Waals surface area contributed by atoms with Crippen molar-refractivity contribution in [2.24, 2.45) is 15.9 Å². The number of amidine groups is 1. The third kappa shape index (κ3) is 4.03. The summed E-state index contributed by atoms with van der Waals surface area (Å²) in [5, 5.41) is 6.21. The molecule has 2 aliphatic rings. The van der Waals surface area contributed by atoms with Gasteiger partial charge in [0.15, 0.2) is 5.82 Å². The zero-order valence-corrected chi connectivity index (χ0v) is 18.0. The van der Waals surface area contributed by atoms with Crippen LogP contribution in [-0.2, 0) is 9.59 Å². The van der Waals surface area contributed by atoms with Crippen molar-refractivity contribution in [3.63, 3.8) is 0 Å². The monoisotopic (exact) mass is 412 g/mol. The Kier molecular flexibility index (Phi) is 6.14. The maximum absolute atomic E-state index is 12.4. The fraction of sp³-hybridized carbons (Fsp3) is 0.500. The molecule has 0 radical (unpaired) electrons. The van der Waals surface area contributed by atoms with E-state index in [0.29, 0.717) is 36.2 Å². The number of likely N-dealkylation sites (tertiary alicyclic amines) is 1. The average molecular weight is 412 g/mol. The van der Waals surface area contributed by atoms with Crippen LogP contribution < -0.4 is 15.5 Å². The second-order valence-electron chi connectivity index (χ2n) is 7.76. The highest BCUT2D eigenvalue weighted by Gasteiger charge is 2.36. The van der Waals surface area contributed by atoms with Crippen molar-refractivity contribution >= 4 is 41.8 Å². The predicted molar refractivity (Wildman–Crippen MR) is 118 cm³/mol. The molecular formula is C20H28N8O2. The van der Waals surface area contributed by atoms with Gasteiger partial charge in [0.2, 0.25) is 17.7 Å². The van der Waals surface area contributed by atoms with E-state index < -0.39 is 0 Å². The van der Waals surface area contributed by atoms with E-state index in [1.54, 1.807) is 11.0 Å². The first kappa shape index (κ1) is 21.4. The summed E-state index contributed by atoms with van der Waals surface area (Å²) in [6.45, 7) is 12.1. The Hall–Kier alpha value is -3.30. The third-order valence-corrected chi connectivity index (χ3v) is 5.16. The van der Waals surface area contributed by atoms with Crippen LogP contribution >= 0.6 is 0 Å². The second kappa shape index (κ2) is 8.60. The molecule has 2 aliphatic heterocycles. The molecule has 0 aliphatic carbocycles. The Morgan fingerprint density at radius 1 is 1.37 bits per heavy atom. The van der Waals surface area contributed by atoms with Crippen LogP contribution in [0.25, 0.3) is 0 Å². The topological polar surface area (TPSA) is 115 Å². The smallest absolute Gasteiger partial charge is 0.291 e. The number of fused-ring (bicyclic) bond motifs is 1. The van der Waals surface area contributed by atoms with Gasteiger partial charge in [-0.2, -0.15) is 4.98 Å². The number of nitrogens with zero attached hydrogens (tertiary/aromatic N) is 6. The van der Waals surface area contributed by atoms with Gasteiger partial charge in [-0.3, -0.25) is 9.59 Å². The first-order valence-electron chi connectivity index (χ1n) is 9.90. The van der Waals surface area contributed by atoms with Crippen LogP contribution in [0.5, 0.6) is 0 Å². The number of hydrogen-bond donors (Lipinski definition) is 2. The van der Waals surface area contributed by atoms with Gasteiger partial charge in [-0.1, -0.05) is 19.9 Å². The van der Waals surface area contributed by atoms with E-state index in [1.807, 2.05) is 39.6 Å². The van der Waals surface area contributed by atoms with Gasteiger partial charge in [0, 0.05) is 26.3 Å². The quantitative estimate of drug-likeness (QED) is 0.571. The van der Waals surface area contributed by atoms with Gasteiger partial charge >= 0.3 is 0 Å². The first-order chi connectivity index (χ1) is 14.3. The van der Waals surface area contributed by atoms with E-state index in [2.05, 4.69) is 37.3 Å². The molecule has 10 heteroatoms. The summed E-state index contributed by atoms with van der Waals surface area (Å²) in [5.41, 5.74) is 1.33. The fourth-order valence-corrected chi connectivity index (χ4v) is 3.65. The number of anilines is 3. The Morgan fingerprint density at radius 2 is 2.07 bits per heavy atom. The second-order valence-corrected chi connectivity index (χ2v) is 7.76. The molecule has 1 fully saturated rings. The van der Waals surface area contributed by atoms with E-state index in [9.17, 15) is 9.59 Å². The number of likely N-dealkylation sites (N-methyl/N-ethyl adjacent to an activating group) is 1.